The maximum atomic E-state index is 10.0. The maximum absolute atomic E-state index is 10.0. The minimum Gasteiger partial charge on any atom is -0.508 e. The first-order valence-electron chi connectivity index (χ1n) is 9.04. The zero-order valence-corrected chi connectivity index (χ0v) is 16.9. The van der Waals surface area contributed by atoms with Gasteiger partial charge in [-0.25, -0.2) is 0 Å². The average molecular weight is 400 g/mol. The van der Waals surface area contributed by atoms with Gasteiger partial charge in [0.2, 0.25) is 0 Å². The Kier molecular flexibility index (Phi) is 5.98. The third kappa shape index (κ3) is 4.07. The van der Waals surface area contributed by atoms with Crippen LogP contribution in [0.1, 0.15) is 36.5 Å². The van der Waals surface area contributed by atoms with Crippen LogP contribution in [0.4, 0.5) is 5.69 Å². The molecule has 0 radical (unpaired) electrons. The summed E-state index contributed by atoms with van der Waals surface area (Å²) in [6, 6.07) is 12.0. The highest BCUT2D eigenvalue weighted by atomic mass is 35.5. The van der Waals surface area contributed by atoms with Crippen LogP contribution < -0.4 is 4.90 Å². The van der Waals surface area contributed by atoms with Crippen LogP contribution in [-0.4, -0.2) is 11.7 Å². The summed E-state index contributed by atoms with van der Waals surface area (Å²) in [6.45, 7) is 10.9. The van der Waals surface area contributed by atoms with Crippen LogP contribution in [0.25, 0.3) is 5.57 Å². The lowest BCUT2D eigenvalue weighted by Gasteiger charge is -2.31. The first-order valence-corrected chi connectivity index (χ1v) is 9.80. The third-order valence-corrected chi connectivity index (χ3v) is 5.65. The summed E-state index contributed by atoms with van der Waals surface area (Å²) in [5.74, 6) is 0.0374. The van der Waals surface area contributed by atoms with Crippen molar-refractivity contribution in [2.75, 3.05) is 11.4 Å². The first-order chi connectivity index (χ1) is 12.9. The molecule has 4 heteroatoms. The number of halogens is 2. The van der Waals surface area contributed by atoms with Gasteiger partial charge in [-0.3, -0.25) is 0 Å². The zero-order chi connectivity index (χ0) is 19.6. The normalized spacial score (nSPS) is 13.4. The van der Waals surface area contributed by atoms with Crippen molar-refractivity contribution < 1.29 is 5.11 Å². The molecule has 140 valence electrons. The van der Waals surface area contributed by atoms with Crippen molar-refractivity contribution >= 4 is 34.5 Å². The van der Waals surface area contributed by atoms with Gasteiger partial charge in [0.15, 0.2) is 0 Å². The van der Waals surface area contributed by atoms with Crippen LogP contribution in [0.15, 0.2) is 67.1 Å². The number of fused-ring (bicyclic) bond motifs is 1. The Morgan fingerprint density at radius 3 is 2.67 bits per heavy atom. The standard InChI is InChI=1S/C23H23Cl2NO/c1-4-5-11-26-14-20(16(3)27)15(2)19-13-17(9-10-22(19)26)12-18-7-6-8-21(24)23(18)25/h6-10,13-14,27H,2-5,11-12H2,1H3. The molecule has 0 saturated carbocycles. The van der Waals surface area contributed by atoms with Crippen LogP contribution in [0.2, 0.25) is 10.0 Å². The highest BCUT2D eigenvalue weighted by Crippen LogP contribution is 2.39. The molecule has 0 saturated heterocycles. The second kappa shape index (κ2) is 8.24. The molecule has 27 heavy (non-hydrogen) atoms. The van der Waals surface area contributed by atoms with E-state index in [9.17, 15) is 5.11 Å². The molecule has 1 aliphatic heterocycles. The van der Waals surface area contributed by atoms with Crippen LogP contribution in [0.5, 0.6) is 0 Å². The lowest BCUT2D eigenvalue weighted by Crippen LogP contribution is -2.23. The van der Waals surface area contributed by atoms with Crippen LogP contribution in [0, 0.1) is 0 Å². The fraction of sp³-hybridized carbons (Fsp3) is 0.217. The van der Waals surface area contributed by atoms with E-state index in [1.54, 1.807) is 6.07 Å². The number of benzene rings is 2. The highest BCUT2D eigenvalue weighted by molar-refractivity contribution is 6.42. The topological polar surface area (TPSA) is 23.5 Å². The molecule has 1 N–H and O–H groups in total. The van der Waals surface area contributed by atoms with Gasteiger partial charge in [-0.15, -0.1) is 0 Å². The van der Waals surface area contributed by atoms with Gasteiger partial charge >= 0.3 is 0 Å². The van der Waals surface area contributed by atoms with Crippen LogP contribution in [0.3, 0.4) is 0 Å². The smallest absolute Gasteiger partial charge is 0.117 e. The number of aliphatic hydroxyl groups is 1. The van der Waals surface area contributed by atoms with Gasteiger partial charge < -0.3 is 10.0 Å². The van der Waals surface area contributed by atoms with Gasteiger partial charge in [-0.2, -0.15) is 0 Å². The van der Waals surface area contributed by atoms with Crippen molar-refractivity contribution in [2.45, 2.75) is 26.2 Å². The summed E-state index contributed by atoms with van der Waals surface area (Å²) in [5, 5.41) is 11.2. The number of unbranched alkanes of at least 4 members (excludes halogenated alkanes) is 1. The average Bonchev–Trinajstić information content (AvgIpc) is 2.65. The Bertz CT molecular complexity index is 930. The van der Waals surface area contributed by atoms with E-state index in [0.717, 1.165) is 47.3 Å². The number of hydrogen-bond acceptors (Lipinski definition) is 2. The molecular weight excluding hydrogens is 377 g/mol. The molecule has 2 nitrogen and oxygen atoms in total. The largest absolute Gasteiger partial charge is 0.508 e. The molecule has 0 aliphatic carbocycles. The Hall–Kier alpha value is -2.16. The van der Waals surface area contributed by atoms with E-state index in [-0.39, 0.29) is 5.76 Å². The summed E-state index contributed by atoms with van der Waals surface area (Å²) in [6.07, 6.45) is 4.78. The molecule has 3 rings (SSSR count). The van der Waals surface area contributed by atoms with Crippen molar-refractivity contribution in [1.29, 1.82) is 0 Å². The third-order valence-electron chi connectivity index (χ3n) is 4.80. The summed E-state index contributed by atoms with van der Waals surface area (Å²) in [4.78, 5) is 2.17. The molecular formula is C23H23Cl2NO. The summed E-state index contributed by atoms with van der Waals surface area (Å²) >= 11 is 12.5. The Balaban J connectivity index is 1.99. The lowest BCUT2D eigenvalue weighted by atomic mass is 9.91. The number of nitrogens with zero attached hydrogens (tertiary/aromatic N) is 1. The molecule has 1 heterocycles. The molecule has 0 aromatic heterocycles. The molecule has 0 amide bonds. The molecule has 0 unspecified atom stereocenters. The summed E-state index contributed by atoms with van der Waals surface area (Å²) < 4.78 is 0. The van der Waals surface area contributed by atoms with Crippen LogP contribution >= 0.6 is 23.2 Å². The van der Waals surface area contributed by atoms with Gasteiger partial charge in [-0.05, 0) is 47.7 Å². The second-order valence-electron chi connectivity index (χ2n) is 6.76. The van der Waals surface area contributed by atoms with Crippen molar-refractivity contribution in [3.05, 3.63) is 93.8 Å². The quantitative estimate of drug-likeness (QED) is 0.520. The van der Waals surface area contributed by atoms with Crippen LogP contribution in [-0.2, 0) is 6.42 Å². The van der Waals surface area contributed by atoms with Crippen molar-refractivity contribution in [2.24, 2.45) is 0 Å². The predicted molar refractivity (Wildman–Crippen MR) is 117 cm³/mol. The minimum atomic E-state index is 0.0374. The molecule has 1 aliphatic rings. The number of allylic oxidation sites excluding steroid dienone is 1. The first kappa shape index (κ1) is 19.6. The summed E-state index contributed by atoms with van der Waals surface area (Å²) in [5.41, 5.74) is 5.66. The molecule has 0 spiro atoms. The van der Waals surface area contributed by atoms with Crippen molar-refractivity contribution in [1.82, 2.24) is 0 Å². The summed E-state index contributed by atoms with van der Waals surface area (Å²) in [7, 11) is 0. The fourth-order valence-electron chi connectivity index (χ4n) is 3.30. The monoisotopic (exact) mass is 399 g/mol. The minimum absolute atomic E-state index is 0.0374. The van der Waals surface area contributed by atoms with Crippen molar-refractivity contribution in [3.63, 3.8) is 0 Å². The number of aliphatic hydroxyl groups excluding tert-OH is 1. The van der Waals surface area contributed by atoms with Gasteiger partial charge in [0.05, 0.1) is 10.0 Å². The second-order valence-corrected chi connectivity index (χ2v) is 7.54. The SMILES string of the molecule is C=C(O)C1=CN(CCCC)c2ccc(Cc3cccc(Cl)c3Cl)cc2C1=C. The number of anilines is 1. The Morgan fingerprint density at radius 1 is 1.19 bits per heavy atom. The van der Waals surface area contributed by atoms with E-state index in [0.29, 0.717) is 22.0 Å². The van der Waals surface area contributed by atoms with Gasteiger partial charge in [-0.1, -0.05) is 67.9 Å². The van der Waals surface area contributed by atoms with Crippen molar-refractivity contribution in [3.8, 4) is 0 Å². The number of rotatable bonds is 6. The zero-order valence-electron chi connectivity index (χ0n) is 15.4. The molecule has 0 atom stereocenters. The molecule has 0 fully saturated rings. The van der Waals surface area contributed by atoms with E-state index in [1.165, 1.54) is 0 Å². The predicted octanol–water partition coefficient (Wildman–Crippen LogP) is 7.17. The van der Waals surface area contributed by atoms with Gasteiger partial charge in [0, 0.05) is 29.6 Å². The van der Waals surface area contributed by atoms with E-state index in [1.807, 2.05) is 18.3 Å². The fourth-order valence-corrected chi connectivity index (χ4v) is 3.69. The van der Waals surface area contributed by atoms with E-state index < -0.39 is 0 Å². The number of hydrogen-bond donors (Lipinski definition) is 1. The lowest BCUT2D eigenvalue weighted by molar-refractivity contribution is 0.429. The van der Waals surface area contributed by atoms with Gasteiger partial charge in [0.25, 0.3) is 0 Å². The van der Waals surface area contributed by atoms with E-state index in [4.69, 9.17) is 23.2 Å². The molecule has 0 bridgehead atoms. The highest BCUT2D eigenvalue weighted by Gasteiger charge is 2.22. The molecule has 2 aromatic carbocycles. The Morgan fingerprint density at radius 2 is 1.96 bits per heavy atom. The molecule has 2 aromatic rings. The maximum Gasteiger partial charge on any atom is 0.117 e. The van der Waals surface area contributed by atoms with E-state index in [2.05, 4.69) is 43.2 Å². The van der Waals surface area contributed by atoms with Gasteiger partial charge in [0.1, 0.15) is 5.76 Å². The Labute approximate surface area is 171 Å². The van der Waals surface area contributed by atoms with E-state index >= 15 is 0 Å².